The number of nitrogens with zero attached hydrogens (tertiary/aromatic N) is 1. The molecule has 0 fully saturated rings. The summed E-state index contributed by atoms with van der Waals surface area (Å²) in [5.41, 5.74) is 3.21. The molecule has 192 valence electrons. The molecule has 6 nitrogen and oxygen atoms in total. The minimum absolute atomic E-state index is 0.112. The number of carbonyl (C=O) groups is 2. The molecule has 2 aromatic carbocycles. The molecule has 2 heterocycles. The molecule has 1 aliphatic rings. The Morgan fingerprint density at radius 3 is 2.50 bits per heavy atom. The highest BCUT2D eigenvalue weighted by Gasteiger charge is 2.28. The van der Waals surface area contributed by atoms with Crippen LogP contribution in [-0.4, -0.2) is 23.8 Å². The Bertz CT molecular complexity index is 1570. The molecular weight excluding hydrogens is 481 g/mol. The lowest BCUT2D eigenvalue weighted by Crippen LogP contribution is -2.42. The van der Waals surface area contributed by atoms with Crippen LogP contribution < -0.4 is 10.6 Å². The van der Waals surface area contributed by atoms with E-state index in [1.54, 1.807) is 25.4 Å². The highest BCUT2D eigenvalue weighted by Crippen LogP contribution is 2.36. The van der Waals surface area contributed by atoms with E-state index >= 15 is 0 Å². The molecule has 0 spiro atoms. The maximum absolute atomic E-state index is 13.5. The van der Waals surface area contributed by atoms with Crippen molar-refractivity contribution in [1.29, 1.82) is 0 Å². The molecule has 38 heavy (non-hydrogen) atoms. The summed E-state index contributed by atoms with van der Waals surface area (Å²) in [7, 11) is 1.55. The number of hydrogen-bond acceptors (Lipinski definition) is 4. The molecule has 4 aromatic rings. The number of carbonyl (C=O) groups excluding carboxylic acids is 2. The largest absolute Gasteiger partial charge is 0.437 e. The predicted molar refractivity (Wildman–Crippen MR) is 145 cm³/mol. The number of aromatic nitrogens is 1. The maximum Gasteiger partial charge on any atom is 0.255 e. The molecule has 2 N–H and O–H groups in total. The first-order chi connectivity index (χ1) is 18.3. The van der Waals surface area contributed by atoms with E-state index in [4.69, 9.17) is 4.42 Å². The van der Waals surface area contributed by atoms with E-state index in [9.17, 15) is 14.0 Å². The van der Waals surface area contributed by atoms with Gasteiger partial charge in [-0.25, -0.2) is 9.37 Å². The van der Waals surface area contributed by atoms with Gasteiger partial charge in [0.1, 0.15) is 11.6 Å². The fourth-order valence-electron chi connectivity index (χ4n) is 4.72. The molecule has 1 unspecified atom stereocenters. The van der Waals surface area contributed by atoms with Gasteiger partial charge in [-0.05, 0) is 61.7 Å². The number of pyridine rings is 1. The lowest BCUT2D eigenvalue weighted by molar-refractivity contribution is -0.119. The van der Waals surface area contributed by atoms with Gasteiger partial charge in [0.25, 0.3) is 5.91 Å². The Hall–Kier alpha value is -4.52. The molecule has 0 radical (unpaired) electrons. The predicted octanol–water partition coefficient (Wildman–Crippen LogP) is 6.01. The molecule has 1 atom stereocenters. The number of benzene rings is 2. The van der Waals surface area contributed by atoms with Crippen LogP contribution in [-0.2, 0) is 10.3 Å². The van der Waals surface area contributed by atoms with E-state index in [0.717, 1.165) is 11.1 Å². The van der Waals surface area contributed by atoms with Crippen molar-refractivity contribution < 1.29 is 18.4 Å². The Kier molecular flexibility index (Phi) is 6.68. The first kappa shape index (κ1) is 25.1. The molecule has 2 amide bonds. The van der Waals surface area contributed by atoms with Crippen LogP contribution in [0.25, 0.3) is 22.4 Å². The second-order valence-electron chi connectivity index (χ2n) is 9.85. The van der Waals surface area contributed by atoms with Gasteiger partial charge in [-0.15, -0.1) is 0 Å². The standard InChI is InChI=1S/C31H28FN3O3/c1-31(2,23-10-5-4-6-11-23)35-28(36)21-9-7-8-20(16-21)22-17-25-26(29(37)33-3)27(38-30(25)34-18-22)19-12-14-24(32)15-13-19/h4-15,17-18,20H,16H2,1-3H3,(H,33,37)(H,35,36). The van der Waals surface area contributed by atoms with Gasteiger partial charge in [0.15, 0.2) is 0 Å². The Labute approximate surface area is 220 Å². The molecule has 7 heteroatoms. The third kappa shape index (κ3) is 4.87. The molecular formula is C31H28FN3O3. The van der Waals surface area contributed by atoms with Crippen LogP contribution in [0.3, 0.4) is 0 Å². The number of amides is 2. The van der Waals surface area contributed by atoms with E-state index in [0.29, 0.717) is 40.0 Å². The summed E-state index contributed by atoms with van der Waals surface area (Å²) in [6, 6.07) is 17.5. The second-order valence-corrected chi connectivity index (χ2v) is 9.85. The topological polar surface area (TPSA) is 84.2 Å². The van der Waals surface area contributed by atoms with Crippen LogP contribution in [0.15, 0.2) is 95.1 Å². The minimum atomic E-state index is -0.535. The summed E-state index contributed by atoms with van der Waals surface area (Å²) in [6.45, 7) is 3.96. The maximum atomic E-state index is 13.5. The smallest absolute Gasteiger partial charge is 0.255 e. The summed E-state index contributed by atoms with van der Waals surface area (Å²) in [4.78, 5) is 30.6. The zero-order valence-electron chi connectivity index (χ0n) is 21.4. The molecule has 0 bridgehead atoms. The number of allylic oxidation sites excluding steroid dienone is 3. The van der Waals surface area contributed by atoms with Gasteiger partial charge < -0.3 is 15.1 Å². The van der Waals surface area contributed by atoms with E-state index < -0.39 is 5.54 Å². The third-order valence-electron chi connectivity index (χ3n) is 6.85. The summed E-state index contributed by atoms with van der Waals surface area (Å²) < 4.78 is 19.5. The van der Waals surface area contributed by atoms with E-state index in [2.05, 4.69) is 15.6 Å². The fourth-order valence-corrected chi connectivity index (χ4v) is 4.72. The van der Waals surface area contributed by atoms with Crippen molar-refractivity contribution in [1.82, 2.24) is 15.6 Å². The Morgan fingerprint density at radius 2 is 1.79 bits per heavy atom. The van der Waals surface area contributed by atoms with Crippen LogP contribution in [0.1, 0.15) is 47.7 Å². The normalized spacial score (nSPS) is 15.3. The molecule has 2 aromatic heterocycles. The first-order valence-electron chi connectivity index (χ1n) is 12.4. The number of fused-ring (bicyclic) bond motifs is 1. The van der Waals surface area contributed by atoms with Crippen molar-refractivity contribution >= 4 is 22.9 Å². The summed E-state index contributed by atoms with van der Waals surface area (Å²) in [5.74, 6) is -0.624. The van der Waals surface area contributed by atoms with Gasteiger partial charge in [0.2, 0.25) is 11.6 Å². The van der Waals surface area contributed by atoms with E-state index in [1.165, 1.54) is 12.1 Å². The lowest BCUT2D eigenvalue weighted by Gasteiger charge is -2.28. The van der Waals surface area contributed by atoms with E-state index in [-0.39, 0.29) is 23.5 Å². The van der Waals surface area contributed by atoms with E-state index in [1.807, 2.05) is 68.5 Å². The average molecular weight is 510 g/mol. The minimum Gasteiger partial charge on any atom is -0.437 e. The first-order valence-corrected chi connectivity index (χ1v) is 12.4. The molecule has 0 aliphatic heterocycles. The van der Waals surface area contributed by atoms with Crippen molar-refractivity contribution in [3.8, 4) is 11.3 Å². The van der Waals surface area contributed by atoms with Gasteiger partial charge in [-0.2, -0.15) is 0 Å². The van der Waals surface area contributed by atoms with Crippen LogP contribution in [0.4, 0.5) is 4.39 Å². The third-order valence-corrected chi connectivity index (χ3v) is 6.85. The summed E-state index contributed by atoms with van der Waals surface area (Å²) in [5, 5.41) is 6.37. The molecule has 1 aliphatic carbocycles. The van der Waals surface area contributed by atoms with Gasteiger partial charge in [-0.3, -0.25) is 9.59 Å². The van der Waals surface area contributed by atoms with Crippen LogP contribution >= 0.6 is 0 Å². The van der Waals surface area contributed by atoms with Crippen molar-refractivity contribution in [2.24, 2.45) is 0 Å². The number of halogens is 1. The van der Waals surface area contributed by atoms with Crippen molar-refractivity contribution in [3.63, 3.8) is 0 Å². The second kappa shape index (κ2) is 10.1. The zero-order valence-corrected chi connectivity index (χ0v) is 21.4. The fraction of sp³-hybridized carbons (Fsp3) is 0.194. The summed E-state index contributed by atoms with van der Waals surface area (Å²) >= 11 is 0. The van der Waals surface area contributed by atoms with Crippen LogP contribution in [0.2, 0.25) is 0 Å². The van der Waals surface area contributed by atoms with Crippen LogP contribution in [0, 0.1) is 5.82 Å². The van der Waals surface area contributed by atoms with Crippen molar-refractivity contribution in [2.75, 3.05) is 7.05 Å². The van der Waals surface area contributed by atoms with Gasteiger partial charge in [0.05, 0.1) is 16.5 Å². The highest BCUT2D eigenvalue weighted by atomic mass is 19.1. The number of hydrogen-bond donors (Lipinski definition) is 2. The van der Waals surface area contributed by atoms with Crippen molar-refractivity contribution in [2.45, 2.75) is 31.7 Å². The summed E-state index contributed by atoms with van der Waals surface area (Å²) in [6.07, 6.45) is 7.92. The molecule has 0 saturated heterocycles. The zero-order chi connectivity index (χ0) is 26.9. The van der Waals surface area contributed by atoms with Crippen LogP contribution in [0.5, 0.6) is 0 Å². The molecule has 0 saturated carbocycles. The number of nitrogens with one attached hydrogen (secondary N) is 2. The van der Waals surface area contributed by atoms with Gasteiger partial charge in [0, 0.05) is 30.3 Å². The molecule has 5 rings (SSSR count). The van der Waals surface area contributed by atoms with Gasteiger partial charge >= 0.3 is 0 Å². The lowest BCUT2D eigenvalue weighted by atomic mass is 9.87. The Balaban J connectivity index is 1.43. The number of rotatable bonds is 6. The SMILES string of the molecule is CNC(=O)c1c(-c2ccc(F)cc2)oc2ncc(C3C=CC=C(C(=O)NC(C)(C)c4ccccc4)C3)cc12. The van der Waals surface area contributed by atoms with Gasteiger partial charge in [-0.1, -0.05) is 48.6 Å². The van der Waals surface area contributed by atoms with Crippen molar-refractivity contribution in [3.05, 3.63) is 113 Å². The highest BCUT2D eigenvalue weighted by molar-refractivity contribution is 6.10. The quantitative estimate of drug-likeness (QED) is 0.333. The average Bonchev–Trinajstić information content (AvgIpc) is 3.32. The number of furan rings is 1. The monoisotopic (exact) mass is 509 g/mol. The Morgan fingerprint density at radius 1 is 1.05 bits per heavy atom.